The van der Waals surface area contributed by atoms with Gasteiger partial charge in [-0.15, -0.1) is 0 Å². The van der Waals surface area contributed by atoms with Crippen LogP contribution in [0.4, 0.5) is 0 Å². The summed E-state index contributed by atoms with van der Waals surface area (Å²) in [6, 6.07) is 0.484. The van der Waals surface area contributed by atoms with Gasteiger partial charge in [-0.1, -0.05) is 34.6 Å². The lowest BCUT2D eigenvalue weighted by atomic mass is 9.86. The summed E-state index contributed by atoms with van der Waals surface area (Å²) in [4.78, 5) is 4.44. The Morgan fingerprint density at radius 2 is 2.06 bits per heavy atom. The van der Waals surface area contributed by atoms with Gasteiger partial charge >= 0.3 is 0 Å². The Kier molecular flexibility index (Phi) is 5.19. The second kappa shape index (κ2) is 6.20. The highest BCUT2D eigenvalue weighted by molar-refractivity contribution is 4.95. The van der Waals surface area contributed by atoms with Crippen molar-refractivity contribution in [3.05, 3.63) is 18.2 Å². The predicted molar refractivity (Wildman–Crippen MR) is 73.1 cm³/mol. The molecule has 0 aliphatic heterocycles. The molecule has 3 nitrogen and oxygen atoms in total. The van der Waals surface area contributed by atoms with Gasteiger partial charge in [-0.3, -0.25) is 0 Å². The number of aromatic nitrogens is 2. The van der Waals surface area contributed by atoms with E-state index in [2.05, 4.69) is 55.7 Å². The molecular formula is C14H27N3. The summed E-state index contributed by atoms with van der Waals surface area (Å²) in [6.45, 7) is 13.3. The first kappa shape index (κ1) is 14.2. The first-order valence-corrected chi connectivity index (χ1v) is 6.72. The van der Waals surface area contributed by atoms with Crippen LogP contribution >= 0.6 is 0 Å². The molecule has 1 N–H and O–H groups in total. The second-order valence-corrected chi connectivity index (χ2v) is 5.72. The molecule has 1 rings (SSSR count). The number of hydrogen-bond acceptors (Lipinski definition) is 2. The summed E-state index contributed by atoms with van der Waals surface area (Å²) in [5, 5.41) is 3.58. The van der Waals surface area contributed by atoms with E-state index in [-0.39, 0.29) is 5.41 Å². The SMILES string of the molecule is CCCc1nccn1CC(NCC)C(C)(C)C. The molecule has 1 aromatic heterocycles. The molecule has 98 valence electrons. The number of nitrogens with zero attached hydrogens (tertiary/aromatic N) is 2. The molecule has 3 heteroatoms. The van der Waals surface area contributed by atoms with Crippen LogP contribution in [0.5, 0.6) is 0 Å². The average Bonchev–Trinajstić information content (AvgIpc) is 2.64. The quantitative estimate of drug-likeness (QED) is 0.824. The molecule has 0 radical (unpaired) electrons. The molecule has 0 aliphatic rings. The first-order valence-electron chi connectivity index (χ1n) is 6.72. The molecule has 0 aliphatic carbocycles. The van der Waals surface area contributed by atoms with E-state index in [1.165, 1.54) is 5.82 Å². The topological polar surface area (TPSA) is 29.9 Å². The van der Waals surface area contributed by atoms with Gasteiger partial charge in [0.1, 0.15) is 5.82 Å². The van der Waals surface area contributed by atoms with Crippen molar-refractivity contribution in [1.82, 2.24) is 14.9 Å². The van der Waals surface area contributed by atoms with Crippen LogP contribution in [0.2, 0.25) is 0 Å². The number of imidazole rings is 1. The largest absolute Gasteiger partial charge is 0.333 e. The van der Waals surface area contributed by atoms with Crippen LogP contribution in [-0.2, 0) is 13.0 Å². The zero-order valence-corrected chi connectivity index (χ0v) is 12.0. The van der Waals surface area contributed by atoms with Crippen LogP contribution in [0.1, 0.15) is 46.9 Å². The van der Waals surface area contributed by atoms with Crippen molar-refractivity contribution in [3.8, 4) is 0 Å². The zero-order chi connectivity index (χ0) is 12.9. The molecule has 0 saturated carbocycles. The maximum Gasteiger partial charge on any atom is 0.108 e. The fraction of sp³-hybridized carbons (Fsp3) is 0.786. The Bertz CT molecular complexity index is 322. The van der Waals surface area contributed by atoms with E-state index in [0.29, 0.717) is 6.04 Å². The molecule has 0 aromatic carbocycles. The highest BCUT2D eigenvalue weighted by Crippen LogP contribution is 2.21. The monoisotopic (exact) mass is 237 g/mol. The fourth-order valence-corrected chi connectivity index (χ4v) is 2.05. The van der Waals surface area contributed by atoms with Gasteiger partial charge in [-0.2, -0.15) is 0 Å². The van der Waals surface area contributed by atoms with Crippen molar-refractivity contribution in [2.24, 2.45) is 5.41 Å². The molecular weight excluding hydrogens is 210 g/mol. The summed E-state index contributed by atoms with van der Waals surface area (Å²) in [5.74, 6) is 1.21. The van der Waals surface area contributed by atoms with Crippen LogP contribution < -0.4 is 5.32 Å². The summed E-state index contributed by atoms with van der Waals surface area (Å²) in [5.41, 5.74) is 0.268. The van der Waals surface area contributed by atoms with Gasteiger partial charge in [0.15, 0.2) is 0 Å². The fourth-order valence-electron chi connectivity index (χ4n) is 2.05. The highest BCUT2D eigenvalue weighted by atomic mass is 15.1. The minimum absolute atomic E-state index is 0.268. The van der Waals surface area contributed by atoms with E-state index in [1.54, 1.807) is 0 Å². The number of hydrogen-bond donors (Lipinski definition) is 1. The first-order chi connectivity index (χ1) is 7.99. The van der Waals surface area contributed by atoms with Gasteiger partial charge in [-0.25, -0.2) is 4.98 Å². The van der Waals surface area contributed by atoms with E-state index in [0.717, 1.165) is 25.9 Å². The summed E-state index contributed by atoms with van der Waals surface area (Å²) in [7, 11) is 0. The van der Waals surface area contributed by atoms with Gasteiger partial charge in [0, 0.05) is 31.4 Å². The smallest absolute Gasteiger partial charge is 0.108 e. The maximum absolute atomic E-state index is 4.44. The molecule has 1 atom stereocenters. The number of aryl methyl sites for hydroxylation is 1. The lowest BCUT2D eigenvalue weighted by Gasteiger charge is -2.32. The average molecular weight is 237 g/mol. The van der Waals surface area contributed by atoms with E-state index in [9.17, 15) is 0 Å². The van der Waals surface area contributed by atoms with Gasteiger partial charge in [0.05, 0.1) is 0 Å². The molecule has 17 heavy (non-hydrogen) atoms. The van der Waals surface area contributed by atoms with Crippen LogP contribution in [0, 0.1) is 5.41 Å². The van der Waals surface area contributed by atoms with Crippen molar-refractivity contribution in [2.45, 2.75) is 60.0 Å². The van der Waals surface area contributed by atoms with E-state index >= 15 is 0 Å². The molecule has 0 amide bonds. The Labute approximate surface area is 106 Å². The third-order valence-electron chi connectivity index (χ3n) is 3.15. The zero-order valence-electron chi connectivity index (χ0n) is 12.0. The second-order valence-electron chi connectivity index (χ2n) is 5.72. The predicted octanol–water partition coefficient (Wildman–Crippen LogP) is 2.86. The minimum atomic E-state index is 0.268. The van der Waals surface area contributed by atoms with Crippen molar-refractivity contribution < 1.29 is 0 Å². The van der Waals surface area contributed by atoms with Crippen molar-refractivity contribution in [3.63, 3.8) is 0 Å². The Hall–Kier alpha value is -0.830. The molecule has 1 unspecified atom stereocenters. The van der Waals surface area contributed by atoms with Crippen LogP contribution in [0.25, 0.3) is 0 Å². The lowest BCUT2D eigenvalue weighted by Crippen LogP contribution is -2.43. The van der Waals surface area contributed by atoms with Gasteiger partial charge in [0.2, 0.25) is 0 Å². The van der Waals surface area contributed by atoms with Gasteiger partial charge in [0.25, 0.3) is 0 Å². The van der Waals surface area contributed by atoms with Crippen molar-refractivity contribution in [2.75, 3.05) is 6.54 Å². The highest BCUT2D eigenvalue weighted by Gasteiger charge is 2.24. The Balaban J connectivity index is 2.75. The molecule has 0 bridgehead atoms. The van der Waals surface area contributed by atoms with Crippen molar-refractivity contribution in [1.29, 1.82) is 0 Å². The summed E-state index contributed by atoms with van der Waals surface area (Å²) >= 11 is 0. The third-order valence-corrected chi connectivity index (χ3v) is 3.15. The van der Waals surface area contributed by atoms with Crippen LogP contribution in [0.3, 0.4) is 0 Å². The number of nitrogens with one attached hydrogen (secondary N) is 1. The third kappa shape index (κ3) is 4.15. The maximum atomic E-state index is 4.44. The van der Waals surface area contributed by atoms with Crippen LogP contribution in [0.15, 0.2) is 12.4 Å². The Morgan fingerprint density at radius 1 is 1.35 bits per heavy atom. The Morgan fingerprint density at radius 3 is 2.59 bits per heavy atom. The molecule has 1 heterocycles. The normalized spacial score (nSPS) is 13.9. The van der Waals surface area contributed by atoms with Gasteiger partial charge < -0.3 is 9.88 Å². The van der Waals surface area contributed by atoms with E-state index < -0.39 is 0 Å². The number of rotatable bonds is 6. The summed E-state index contributed by atoms with van der Waals surface area (Å²) in [6.07, 6.45) is 6.23. The summed E-state index contributed by atoms with van der Waals surface area (Å²) < 4.78 is 2.29. The minimum Gasteiger partial charge on any atom is -0.333 e. The van der Waals surface area contributed by atoms with Crippen molar-refractivity contribution >= 4 is 0 Å². The molecule has 0 saturated heterocycles. The van der Waals surface area contributed by atoms with E-state index in [4.69, 9.17) is 0 Å². The number of likely N-dealkylation sites (N-methyl/N-ethyl adjacent to an activating group) is 1. The molecule has 1 aromatic rings. The van der Waals surface area contributed by atoms with E-state index in [1.807, 2.05) is 6.20 Å². The molecule has 0 fully saturated rings. The standard InChI is InChI=1S/C14H27N3/c1-6-8-13-16-9-10-17(13)11-12(15-7-2)14(3,4)5/h9-10,12,15H,6-8,11H2,1-5H3. The lowest BCUT2D eigenvalue weighted by molar-refractivity contribution is 0.243. The molecule has 0 spiro atoms. The van der Waals surface area contributed by atoms with Gasteiger partial charge in [-0.05, 0) is 18.4 Å². The van der Waals surface area contributed by atoms with Crippen LogP contribution in [-0.4, -0.2) is 22.1 Å².